The van der Waals surface area contributed by atoms with Crippen LogP contribution in [0.2, 0.25) is 0 Å². The Kier molecular flexibility index (Phi) is 1.55. The van der Waals surface area contributed by atoms with Gasteiger partial charge < -0.3 is 5.73 Å². The van der Waals surface area contributed by atoms with Crippen molar-refractivity contribution in [3.63, 3.8) is 0 Å². The standard InChI is InChI=1S/C8H16N/c1-8(2,3)7-4-6(7)5-9/h7H,4-5,9H2,1-3H3. The summed E-state index contributed by atoms with van der Waals surface area (Å²) < 4.78 is 0. The van der Waals surface area contributed by atoms with E-state index in [1.807, 2.05) is 0 Å². The molecule has 1 aliphatic carbocycles. The van der Waals surface area contributed by atoms with Crippen molar-refractivity contribution in [2.45, 2.75) is 27.2 Å². The average molecular weight is 126 g/mol. The van der Waals surface area contributed by atoms with E-state index in [0.29, 0.717) is 5.41 Å². The van der Waals surface area contributed by atoms with E-state index in [-0.39, 0.29) is 0 Å². The van der Waals surface area contributed by atoms with Gasteiger partial charge in [-0.2, -0.15) is 0 Å². The largest absolute Gasteiger partial charge is 0.330 e. The van der Waals surface area contributed by atoms with Crippen molar-refractivity contribution < 1.29 is 0 Å². The normalized spacial score (nSPS) is 28.7. The highest BCUT2D eigenvalue weighted by Crippen LogP contribution is 2.51. The molecular weight excluding hydrogens is 110 g/mol. The summed E-state index contributed by atoms with van der Waals surface area (Å²) in [6.45, 7) is 7.64. The smallest absolute Gasteiger partial charge is 0.00116 e. The molecule has 1 nitrogen and oxygen atoms in total. The lowest BCUT2D eigenvalue weighted by Gasteiger charge is -2.17. The highest BCUT2D eigenvalue weighted by Gasteiger charge is 2.44. The van der Waals surface area contributed by atoms with E-state index in [2.05, 4.69) is 20.8 Å². The number of hydrogen-bond acceptors (Lipinski definition) is 1. The lowest BCUT2D eigenvalue weighted by atomic mass is 9.89. The second-order valence-electron chi connectivity index (χ2n) is 3.99. The predicted octanol–water partition coefficient (Wildman–Crippen LogP) is 1.59. The monoisotopic (exact) mass is 126 g/mol. The molecule has 1 rings (SSSR count). The fourth-order valence-corrected chi connectivity index (χ4v) is 1.35. The highest BCUT2D eigenvalue weighted by molar-refractivity contribution is 5.18. The third-order valence-electron chi connectivity index (χ3n) is 2.11. The molecule has 0 bridgehead atoms. The van der Waals surface area contributed by atoms with E-state index in [1.54, 1.807) is 5.92 Å². The Labute approximate surface area is 57.6 Å². The minimum absolute atomic E-state index is 0.467. The summed E-state index contributed by atoms with van der Waals surface area (Å²) in [5.74, 6) is 2.38. The van der Waals surface area contributed by atoms with Gasteiger partial charge in [-0.3, -0.25) is 0 Å². The molecule has 1 radical (unpaired) electrons. The van der Waals surface area contributed by atoms with E-state index < -0.39 is 0 Å². The predicted molar refractivity (Wildman–Crippen MR) is 39.9 cm³/mol. The van der Waals surface area contributed by atoms with Gasteiger partial charge in [-0.25, -0.2) is 0 Å². The molecule has 0 aromatic carbocycles. The Hall–Kier alpha value is -0.0400. The van der Waals surface area contributed by atoms with Crippen LogP contribution in [0.4, 0.5) is 0 Å². The molecule has 0 aromatic heterocycles. The van der Waals surface area contributed by atoms with Crippen LogP contribution in [-0.4, -0.2) is 6.54 Å². The molecule has 53 valence electrons. The first-order valence-electron chi connectivity index (χ1n) is 3.60. The lowest BCUT2D eigenvalue weighted by molar-refractivity contribution is 0.355. The first-order valence-corrected chi connectivity index (χ1v) is 3.60. The van der Waals surface area contributed by atoms with E-state index >= 15 is 0 Å². The first-order chi connectivity index (χ1) is 4.05. The van der Waals surface area contributed by atoms with Crippen LogP contribution in [0, 0.1) is 17.3 Å². The summed E-state index contributed by atoms with van der Waals surface area (Å²) >= 11 is 0. The Morgan fingerprint density at radius 1 is 1.56 bits per heavy atom. The van der Waals surface area contributed by atoms with Crippen molar-refractivity contribution in [2.24, 2.45) is 17.1 Å². The maximum Gasteiger partial charge on any atom is -0.00116 e. The van der Waals surface area contributed by atoms with Gasteiger partial charge in [0.25, 0.3) is 0 Å². The van der Waals surface area contributed by atoms with Crippen molar-refractivity contribution in [3.8, 4) is 0 Å². The summed E-state index contributed by atoms with van der Waals surface area (Å²) in [6, 6.07) is 0. The van der Waals surface area contributed by atoms with Gasteiger partial charge in [-0.15, -0.1) is 0 Å². The second-order valence-corrected chi connectivity index (χ2v) is 3.99. The van der Waals surface area contributed by atoms with Crippen LogP contribution in [0.3, 0.4) is 0 Å². The highest BCUT2D eigenvalue weighted by atomic mass is 14.6. The fraction of sp³-hybridized carbons (Fsp3) is 0.875. The van der Waals surface area contributed by atoms with Crippen LogP contribution in [0.5, 0.6) is 0 Å². The molecule has 1 saturated carbocycles. The molecule has 1 aliphatic rings. The zero-order valence-electron chi connectivity index (χ0n) is 6.57. The molecule has 9 heavy (non-hydrogen) atoms. The molecule has 1 atom stereocenters. The molecule has 2 N–H and O–H groups in total. The van der Waals surface area contributed by atoms with E-state index in [1.165, 1.54) is 6.42 Å². The van der Waals surface area contributed by atoms with Gasteiger partial charge in [-0.1, -0.05) is 20.8 Å². The van der Waals surface area contributed by atoms with Crippen molar-refractivity contribution in [3.05, 3.63) is 5.92 Å². The third-order valence-corrected chi connectivity index (χ3v) is 2.11. The van der Waals surface area contributed by atoms with E-state index in [9.17, 15) is 0 Å². The van der Waals surface area contributed by atoms with E-state index in [4.69, 9.17) is 5.73 Å². The maximum absolute atomic E-state index is 5.48. The zero-order valence-corrected chi connectivity index (χ0v) is 6.57. The minimum Gasteiger partial charge on any atom is -0.330 e. The molecule has 1 unspecified atom stereocenters. The van der Waals surface area contributed by atoms with Crippen molar-refractivity contribution in [1.29, 1.82) is 0 Å². The van der Waals surface area contributed by atoms with Gasteiger partial charge in [0.2, 0.25) is 0 Å². The van der Waals surface area contributed by atoms with Gasteiger partial charge in [0, 0.05) is 0 Å². The Morgan fingerprint density at radius 3 is 2.22 bits per heavy atom. The van der Waals surface area contributed by atoms with Gasteiger partial charge in [0.1, 0.15) is 0 Å². The van der Waals surface area contributed by atoms with Crippen LogP contribution in [0.1, 0.15) is 27.2 Å². The van der Waals surface area contributed by atoms with Gasteiger partial charge in [0.05, 0.1) is 0 Å². The number of nitrogens with two attached hydrogens (primary N) is 1. The molecule has 1 fully saturated rings. The van der Waals surface area contributed by atoms with Crippen molar-refractivity contribution in [1.82, 2.24) is 0 Å². The SMILES string of the molecule is CC(C)(C)C1C[C]1CN. The quantitative estimate of drug-likeness (QED) is 0.567. The summed E-state index contributed by atoms with van der Waals surface area (Å²) in [6.07, 6.45) is 1.28. The second kappa shape index (κ2) is 1.98. The molecule has 0 heterocycles. The van der Waals surface area contributed by atoms with Gasteiger partial charge in [0.15, 0.2) is 0 Å². The average Bonchev–Trinajstić information content (AvgIpc) is 2.39. The van der Waals surface area contributed by atoms with Crippen molar-refractivity contribution >= 4 is 0 Å². The van der Waals surface area contributed by atoms with Crippen LogP contribution in [0.25, 0.3) is 0 Å². The van der Waals surface area contributed by atoms with Gasteiger partial charge in [-0.05, 0) is 30.2 Å². The number of hydrogen-bond donors (Lipinski definition) is 1. The number of rotatable bonds is 1. The summed E-state index contributed by atoms with van der Waals surface area (Å²) in [5.41, 5.74) is 5.95. The summed E-state index contributed by atoms with van der Waals surface area (Å²) in [5, 5.41) is 0. The topological polar surface area (TPSA) is 26.0 Å². The van der Waals surface area contributed by atoms with Crippen molar-refractivity contribution in [2.75, 3.05) is 6.54 Å². The Bertz CT molecular complexity index is 102. The van der Waals surface area contributed by atoms with E-state index in [0.717, 1.165) is 12.5 Å². The lowest BCUT2D eigenvalue weighted by Crippen LogP contribution is -2.12. The minimum atomic E-state index is 0.467. The van der Waals surface area contributed by atoms with Gasteiger partial charge >= 0.3 is 0 Å². The Morgan fingerprint density at radius 2 is 2.11 bits per heavy atom. The van der Waals surface area contributed by atoms with Crippen LogP contribution < -0.4 is 5.73 Å². The first kappa shape index (κ1) is 7.07. The zero-order chi connectivity index (χ0) is 7.07. The molecule has 0 spiro atoms. The molecular formula is C8H16N. The summed E-state index contributed by atoms with van der Waals surface area (Å²) in [7, 11) is 0. The molecule has 0 aliphatic heterocycles. The van der Waals surface area contributed by atoms with Crippen LogP contribution >= 0.6 is 0 Å². The summed E-state index contributed by atoms with van der Waals surface area (Å²) in [4.78, 5) is 0. The Balaban J connectivity index is 2.33. The molecule has 0 aromatic rings. The fourth-order valence-electron chi connectivity index (χ4n) is 1.35. The molecule has 0 saturated heterocycles. The maximum atomic E-state index is 5.48. The van der Waals surface area contributed by atoms with Crippen LogP contribution in [-0.2, 0) is 0 Å². The molecule has 1 heteroatoms. The van der Waals surface area contributed by atoms with Crippen LogP contribution in [0.15, 0.2) is 0 Å². The molecule has 0 amide bonds. The third kappa shape index (κ3) is 1.45.